The summed E-state index contributed by atoms with van der Waals surface area (Å²) in [7, 11) is 1.55. The Bertz CT molecular complexity index is 1130. The van der Waals surface area contributed by atoms with Crippen LogP contribution in [0.1, 0.15) is 49.9 Å². The quantitative estimate of drug-likeness (QED) is 0.351. The monoisotopic (exact) mass is 442 g/mol. The molecule has 0 saturated heterocycles. The van der Waals surface area contributed by atoms with Crippen molar-refractivity contribution in [2.75, 3.05) is 5.32 Å². The summed E-state index contributed by atoms with van der Waals surface area (Å²) < 4.78 is 55.1. The Kier molecular flexibility index (Phi) is 7.53. The number of nitrogens with one attached hydrogen (secondary N) is 1. The third kappa shape index (κ3) is 4.46. The molecule has 3 nitrogen and oxygen atoms in total. The van der Waals surface area contributed by atoms with E-state index in [1.165, 1.54) is 4.57 Å². The molecule has 0 amide bonds. The predicted molar refractivity (Wildman–Crippen MR) is 114 cm³/mol. The van der Waals surface area contributed by atoms with Gasteiger partial charge in [0, 0.05) is 24.2 Å². The van der Waals surface area contributed by atoms with Crippen molar-refractivity contribution in [3.05, 3.63) is 74.2 Å². The van der Waals surface area contributed by atoms with Gasteiger partial charge < -0.3 is 9.88 Å². The number of alkyl halides is 2. The lowest BCUT2D eigenvalue weighted by molar-refractivity contribution is 0.146. The molecule has 0 aliphatic rings. The summed E-state index contributed by atoms with van der Waals surface area (Å²) >= 11 is 6.13. The number of pyridine rings is 1. The molecule has 3 rings (SSSR count). The molecule has 0 aliphatic carbocycles. The molecule has 1 atom stereocenters. The summed E-state index contributed by atoms with van der Waals surface area (Å²) in [6.07, 6.45) is -3.19. The molecule has 1 N–H and O–H groups in total. The maximum atomic E-state index is 13.9. The molecular weight excluding hydrogens is 420 g/mol. The summed E-state index contributed by atoms with van der Waals surface area (Å²) in [4.78, 5) is 12.5. The van der Waals surface area contributed by atoms with Crippen LogP contribution < -0.4 is 10.9 Å². The summed E-state index contributed by atoms with van der Waals surface area (Å²) in [6, 6.07) is 6.39. The lowest BCUT2D eigenvalue weighted by Crippen LogP contribution is -2.19. The fourth-order valence-electron chi connectivity index (χ4n) is 3.23. The van der Waals surface area contributed by atoms with Gasteiger partial charge in [-0.1, -0.05) is 31.5 Å². The highest BCUT2D eigenvalue weighted by atomic mass is 35.5. The Morgan fingerprint density at radius 2 is 1.70 bits per heavy atom. The fourth-order valence-corrected chi connectivity index (χ4v) is 3.42. The second-order valence-electron chi connectivity index (χ2n) is 6.64. The molecule has 8 heteroatoms. The standard InChI is InChI=1S/C20H17ClF4N2O.C2H6/c1-9-6-11(12-8-16(21)27(3)20(28)13(12)7-9)10(2)26-15-5-4-14(22)18(23)17(15)19(24)25;1-2/h4-8,10,19,26H,1-3H3;1-2H3. The summed E-state index contributed by atoms with van der Waals surface area (Å²) in [5.74, 6) is -2.93. The topological polar surface area (TPSA) is 34.0 Å². The zero-order chi connectivity index (χ0) is 22.7. The van der Waals surface area contributed by atoms with Gasteiger partial charge in [-0.25, -0.2) is 17.6 Å². The van der Waals surface area contributed by atoms with Crippen LogP contribution in [0.5, 0.6) is 0 Å². The van der Waals surface area contributed by atoms with Crippen molar-refractivity contribution in [3.63, 3.8) is 0 Å². The summed E-state index contributed by atoms with van der Waals surface area (Å²) in [6.45, 7) is 7.47. The van der Waals surface area contributed by atoms with Crippen molar-refractivity contribution >= 4 is 28.1 Å². The number of nitrogens with zero attached hydrogens (tertiary/aromatic N) is 1. The van der Waals surface area contributed by atoms with E-state index in [9.17, 15) is 22.4 Å². The zero-order valence-electron chi connectivity index (χ0n) is 17.3. The maximum absolute atomic E-state index is 13.9. The molecule has 1 heterocycles. The first-order chi connectivity index (χ1) is 14.1. The van der Waals surface area contributed by atoms with E-state index in [-0.39, 0.29) is 16.4 Å². The van der Waals surface area contributed by atoms with Gasteiger partial charge >= 0.3 is 0 Å². The van der Waals surface area contributed by atoms with Gasteiger partial charge in [0.05, 0.1) is 5.56 Å². The van der Waals surface area contributed by atoms with E-state index in [1.807, 2.05) is 13.8 Å². The van der Waals surface area contributed by atoms with Crippen LogP contribution in [0.2, 0.25) is 5.15 Å². The van der Waals surface area contributed by atoms with Gasteiger partial charge in [0.25, 0.3) is 12.0 Å². The Morgan fingerprint density at radius 1 is 1.07 bits per heavy atom. The number of hydrogen-bond donors (Lipinski definition) is 1. The number of halogens is 5. The van der Waals surface area contributed by atoms with Crippen LogP contribution >= 0.6 is 11.6 Å². The lowest BCUT2D eigenvalue weighted by atomic mass is 9.97. The zero-order valence-corrected chi connectivity index (χ0v) is 18.0. The first-order valence-corrected chi connectivity index (χ1v) is 9.82. The van der Waals surface area contributed by atoms with E-state index < -0.39 is 29.7 Å². The SMILES string of the molecule is CC.Cc1cc(C(C)Nc2ccc(F)c(F)c2C(F)F)c2cc(Cl)n(C)c(=O)c2c1. The molecule has 0 spiro atoms. The van der Waals surface area contributed by atoms with E-state index in [0.29, 0.717) is 16.3 Å². The van der Waals surface area contributed by atoms with Gasteiger partial charge in [0.15, 0.2) is 11.6 Å². The van der Waals surface area contributed by atoms with E-state index in [0.717, 1.165) is 17.7 Å². The number of hydrogen-bond acceptors (Lipinski definition) is 2. The van der Waals surface area contributed by atoms with Gasteiger partial charge in [-0.3, -0.25) is 4.79 Å². The van der Waals surface area contributed by atoms with Gasteiger partial charge in [0.1, 0.15) is 5.15 Å². The molecular formula is C22H23ClF4N2O. The average molecular weight is 443 g/mol. The van der Waals surface area contributed by atoms with E-state index in [2.05, 4.69) is 5.32 Å². The second-order valence-corrected chi connectivity index (χ2v) is 7.02. The van der Waals surface area contributed by atoms with E-state index >= 15 is 0 Å². The van der Waals surface area contributed by atoms with E-state index in [1.54, 1.807) is 39.1 Å². The molecule has 2 aromatic carbocycles. The Hall–Kier alpha value is -2.54. The van der Waals surface area contributed by atoms with Crippen molar-refractivity contribution in [2.24, 2.45) is 7.05 Å². The molecule has 0 radical (unpaired) electrons. The highest BCUT2D eigenvalue weighted by Crippen LogP contribution is 2.35. The van der Waals surface area contributed by atoms with Crippen LogP contribution in [-0.4, -0.2) is 4.57 Å². The van der Waals surface area contributed by atoms with Gasteiger partial charge in [0.2, 0.25) is 0 Å². The molecule has 3 aromatic rings. The molecule has 0 aliphatic heterocycles. The normalized spacial score (nSPS) is 12.0. The van der Waals surface area contributed by atoms with E-state index in [4.69, 9.17) is 11.6 Å². The Labute approximate surface area is 177 Å². The first kappa shape index (κ1) is 23.7. The van der Waals surface area contributed by atoms with Crippen LogP contribution in [0, 0.1) is 18.6 Å². The largest absolute Gasteiger partial charge is 0.378 e. The van der Waals surface area contributed by atoms with Crippen molar-refractivity contribution in [1.82, 2.24) is 4.57 Å². The van der Waals surface area contributed by atoms with Crippen molar-refractivity contribution in [1.29, 1.82) is 0 Å². The van der Waals surface area contributed by atoms with Gasteiger partial charge in [-0.15, -0.1) is 0 Å². The van der Waals surface area contributed by atoms with Crippen LogP contribution in [-0.2, 0) is 7.05 Å². The molecule has 162 valence electrons. The second kappa shape index (κ2) is 9.51. The highest BCUT2D eigenvalue weighted by Gasteiger charge is 2.23. The number of aromatic nitrogens is 1. The number of aryl methyl sites for hydroxylation is 1. The van der Waals surface area contributed by atoms with Crippen molar-refractivity contribution in [3.8, 4) is 0 Å². The smallest absolute Gasteiger partial charge is 0.268 e. The Balaban J connectivity index is 0.00000155. The molecule has 0 bridgehead atoms. The third-order valence-electron chi connectivity index (χ3n) is 4.66. The maximum Gasteiger partial charge on any atom is 0.268 e. The molecule has 0 saturated carbocycles. The fraction of sp³-hybridized carbons (Fsp3) is 0.318. The van der Waals surface area contributed by atoms with Crippen LogP contribution in [0.4, 0.5) is 23.2 Å². The molecule has 30 heavy (non-hydrogen) atoms. The van der Waals surface area contributed by atoms with Crippen molar-refractivity contribution < 1.29 is 17.6 Å². The van der Waals surface area contributed by atoms with Crippen LogP contribution in [0.15, 0.2) is 35.1 Å². The minimum Gasteiger partial charge on any atom is -0.378 e. The number of fused-ring (bicyclic) bond motifs is 1. The summed E-state index contributed by atoms with van der Waals surface area (Å²) in [5.41, 5.74) is -0.126. The summed E-state index contributed by atoms with van der Waals surface area (Å²) in [5, 5.41) is 4.01. The van der Waals surface area contributed by atoms with Gasteiger partial charge in [-0.05, 0) is 54.6 Å². The number of anilines is 1. The minimum absolute atomic E-state index is 0.217. The average Bonchev–Trinajstić information content (AvgIpc) is 2.70. The predicted octanol–water partition coefficient (Wildman–Crippen LogP) is 6.92. The number of benzene rings is 2. The first-order valence-electron chi connectivity index (χ1n) is 9.44. The minimum atomic E-state index is -3.19. The lowest BCUT2D eigenvalue weighted by Gasteiger charge is -2.21. The highest BCUT2D eigenvalue weighted by molar-refractivity contribution is 6.30. The van der Waals surface area contributed by atoms with Crippen LogP contribution in [0.25, 0.3) is 10.8 Å². The molecule has 1 unspecified atom stereocenters. The van der Waals surface area contributed by atoms with Gasteiger partial charge in [-0.2, -0.15) is 0 Å². The third-order valence-corrected chi connectivity index (χ3v) is 5.03. The van der Waals surface area contributed by atoms with Crippen LogP contribution in [0.3, 0.4) is 0 Å². The molecule has 1 aromatic heterocycles. The molecule has 0 fully saturated rings. The number of rotatable bonds is 4. The van der Waals surface area contributed by atoms with Crippen molar-refractivity contribution in [2.45, 2.75) is 40.2 Å². The Morgan fingerprint density at radius 3 is 2.30 bits per heavy atom.